The van der Waals surface area contributed by atoms with Crippen LogP contribution in [0.5, 0.6) is 5.75 Å². The summed E-state index contributed by atoms with van der Waals surface area (Å²) >= 11 is 6.18. The van der Waals surface area contributed by atoms with Gasteiger partial charge in [-0.25, -0.2) is 0 Å². The third kappa shape index (κ3) is 6.48. The van der Waals surface area contributed by atoms with Crippen molar-refractivity contribution in [2.24, 2.45) is 11.8 Å². The van der Waals surface area contributed by atoms with Crippen molar-refractivity contribution in [3.63, 3.8) is 0 Å². The molecule has 0 saturated heterocycles. The molecule has 1 atom stereocenters. The van der Waals surface area contributed by atoms with Crippen molar-refractivity contribution in [3.8, 4) is 5.75 Å². The smallest absolute Gasteiger partial charge is 0.247 e. The molecule has 0 radical (unpaired) electrons. The summed E-state index contributed by atoms with van der Waals surface area (Å²) in [5, 5.41) is 5.85. The van der Waals surface area contributed by atoms with Gasteiger partial charge in [0.1, 0.15) is 11.8 Å². The Bertz CT molecular complexity index is 559. The molecule has 0 aliphatic heterocycles. The molecule has 1 aromatic carbocycles. The summed E-state index contributed by atoms with van der Waals surface area (Å²) in [6.45, 7) is 9.81. The lowest BCUT2D eigenvalue weighted by molar-refractivity contribution is -0.126. The molecular weight excluding hydrogens is 316 g/mol. The Hall–Kier alpha value is -1.75. The zero-order valence-corrected chi connectivity index (χ0v) is 15.0. The average molecular weight is 341 g/mol. The second kappa shape index (κ2) is 8.77. The van der Waals surface area contributed by atoms with Crippen LogP contribution < -0.4 is 15.4 Å². The highest BCUT2D eigenvalue weighted by molar-refractivity contribution is 6.32. The van der Waals surface area contributed by atoms with Gasteiger partial charge < -0.3 is 15.4 Å². The van der Waals surface area contributed by atoms with Crippen LogP contribution in [0.15, 0.2) is 18.2 Å². The number of hydrogen-bond donors (Lipinski definition) is 2. The van der Waals surface area contributed by atoms with Gasteiger partial charge in [0.25, 0.3) is 0 Å². The van der Waals surface area contributed by atoms with E-state index in [1.165, 1.54) is 6.92 Å². The number of anilines is 1. The van der Waals surface area contributed by atoms with Crippen LogP contribution in [-0.2, 0) is 9.59 Å². The SMILES string of the molecule is CC(=O)N[C@H](C(=O)Nc1ccc(OCC(C)C)c(Cl)c1)C(C)C. The topological polar surface area (TPSA) is 67.4 Å². The molecule has 0 spiro atoms. The normalized spacial score (nSPS) is 12.2. The van der Waals surface area contributed by atoms with E-state index in [9.17, 15) is 9.59 Å². The Morgan fingerprint density at radius 2 is 1.87 bits per heavy atom. The second-order valence-corrected chi connectivity index (χ2v) is 6.67. The molecule has 0 fully saturated rings. The fourth-order valence-electron chi connectivity index (χ4n) is 1.93. The van der Waals surface area contributed by atoms with E-state index >= 15 is 0 Å². The quantitative estimate of drug-likeness (QED) is 0.798. The summed E-state index contributed by atoms with van der Waals surface area (Å²) < 4.78 is 5.59. The lowest BCUT2D eigenvalue weighted by Crippen LogP contribution is -2.46. The monoisotopic (exact) mass is 340 g/mol. The number of carbonyl (C=O) groups is 2. The minimum atomic E-state index is -0.594. The molecule has 0 bridgehead atoms. The first-order valence-electron chi connectivity index (χ1n) is 7.71. The van der Waals surface area contributed by atoms with E-state index in [4.69, 9.17) is 16.3 Å². The van der Waals surface area contributed by atoms with Crippen molar-refractivity contribution in [2.45, 2.75) is 40.7 Å². The third-order valence-electron chi connectivity index (χ3n) is 3.08. The number of rotatable bonds is 7. The van der Waals surface area contributed by atoms with Crippen LogP contribution in [0.3, 0.4) is 0 Å². The van der Waals surface area contributed by atoms with Crippen LogP contribution in [0.1, 0.15) is 34.6 Å². The molecule has 0 aromatic heterocycles. The first kappa shape index (κ1) is 19.3. The van der Waals surface area contributed by atoms with Gasteiger partial charge in [-0.1, -0.05) is 39.3 Å². The number of nitrogens with one attached hydrogen (secondary N) is 2. The molecule has 5 nitrogen and oxygen atoms in total. The van der Waals surface area contributed by atoms with E-state index < -0.39 is 6.04 Å². The molecule has 6 heteroatoms. The highest BCUT2D eigenvalue weighted by atomic mass is 35.5. The summed E-state index contributed by atoms with van der Waals surface area (Å²) in [6, 6.07) is 4.50. The predicted molar refractivity (Wildman–Crippen MR) is 92.9 cm³/mol. The number of ether oxygens (including phenoxy) is 1. The van der Waals surface area contributed by atoms with Crippen molar-refractivity contribution < 1.29 is 14.3 Å². The summed E-state index contributed by atoms with van der Waals surface area (Å²) in [5.74, 6) is 0.440. The summed E-state index contributed by atoms with van der Waals surface area (Å²) in [6.07, 6.45) is 0. The van der Waals surface area contributed by atoms with Crippen molar-refractivity contribution in [1.29, 1.82) is 0 Å². The maximum absolute atomic E-state index is 12.3. The van der Waals surface area contributed by atoms with Gasteiger partial charge in [-0.15, -0.1) is 0 Å². The van der Waals surface area contributed by atoms with Gasteiger partial charge in [-0.3, -0.25) is 9.59 Å². The van der Waals surface area contributed by atoms with Crippen LogP contribution in [0.25, 0.3) is 0 Å². The molecule has 0 heterocycles. The van der Waals surface area contributed by atoms with Gasteiger partial charge in [0.15, 0.2) is 0 Å². The van der Waals surface area contributed by atoms with Gasteiger partial charge in [0.05, 0.1) is 11.6 Å². The van der Waals surface area contributed by atoms with E-state index in [2.05, 4.69) is 24.5 Å². The van der Waals surface area contributed by atoms with E-state index in [0.29, 0.717) is 29.0 Å². The molecule has 0 aliphatic carbocycles. The van der Waals surface area contributed by atoms with Crippen molar-refractivity contribution in [3.05, 3.63) is 23.2 Å². The zero-order chi connectivity index (χ0) is 17.6. The van der Waals surface area contributed by atoms with E-state index in [1.807, 2.05) is 13.8 Å². The molecule has 0 saturated carbocycles. The fourth-order valence-corrected chi connectivity index (χ4v) is 2.16. The van der Waals surface area contributed by atoms with Crippen LogP contribution in [-0.4, -0.2) is 24.5 Å². The summed E-state index contributed by atoms with van der Waals surface area (Å²) in [5.41, 5.74) is 0.563. The first-order chi connectivity index (χ1) is 10.7. The lowest BCUT2D eigenvalue weighted by atomic mass is 10.0. The van der Waals surface area contributed by atoms with Crippen LogP contribution in [0.2, 0.25) is 5.02 Å². The fraction of sp³-hybridized carbons (Fsp3) is 0.529. The third-order valence-corrected chi connectivity index (χ3v) is 3.37. The van der Waals surface area contributed by atoms with E-state index in [1.54, 1.807) is 18.2 Å². The second-order valence-electron chi connectivity index (χ2n) is 6.26. The number of amides is 2. The van der Waals surface area contributed by atoms with Gasteiger partial charge in [-0.2, -0.15) is 0 Å². The molecule has 2 N–H and O–H groups in total. The minimum absolute atomic E-state index is 0.0250. The van der Waals surface area contributed by atoms with Gasteiger partial charge >= 0.3 is 0 Å². The van der Waals surface area contributed by atoms with Gasteiger partial charge in [0.2, 0.25) is 11.8 Å². The average Bonchev–Trinajstić information content (AvgIpc) is 2.43. The van der Waals surface area contributed by atoms with Crippen molar-refractivity contribution >= 4 is 29.1 Å². The molecule has 1 aromatic rings. The largest absolute Gasteiger partial charge is 0.492 e. The molecule has 23 heavy (non-hydrogen) atoms. The maximum atomic E-state index is 12.3. The molecule has 0 aliphatic rings. The first-order valence-corrected chi connectivity index (χ1v) is 8.08. The highest BCUT2D eigenvalue weighted by Crippen LogP contribution is 2.28. The van der Waals surface area contributed by atoms with Crippen molar-refractivity contribution in [2.75, 3.05) is 11.9 Å². The number of carbonyl (C=O) groups excluding carboxylic acids is 2. The standard InChI is InChI=1S/C17H25ClN2O3/c1-10(2)9-23-15-7-6-13(8-14(15)18)20-17(22)16(11(3)4)19-12(5)21/h6-8,10-11,16H,9H2,1-5H3,(H,19,21)(H,20,22)/t16-/m0/s1. The Kier molecular flexibility index (Phi) is 7.36. The predicted octanol–water partition coefficient (Wildman–Crippen LogP) is 3.47. The highest BCUT2D eigenvalue weighted by Gasteiger charge is 2.23. The van der Waals surface area contributed by atoms with Crippen molar-refractivity contribution in [1.82, 2.24) is 5.32 Å². The van der Waals surface area contributed by atoms with Gasteiger partial charge in [-0.05, 0) is 30.0 Å². The Balaban J connectivity index is 2.78. The van der Waals surface area contributed by atoms with Crippen LogP contribution >= 0.6 is 11.6 Å². The number of halogens is 1. The number of benzene rings is 1. The van der Waals surface area contributed by atoms with Crippen LogP contribution in [0.4, 0.5) is 5.69 Å². The molecule has 0 unspecified atom stereocenters. The molecule has 128 valence electrons. The van der Waals surface area contributed by atoms with E-state index in [-0.39, 0.29) is 17.7 Å². The Labute approximate surface area is 142 Å². The Morgan fingerprint density at radius 3 is 2.35 bits per heavy atom. The van der Waals surface area contributed by atoms with Gasteiger partial charge in [0, 0.05) is 12.6 Å². The minimum Gasteiger partial charge on any atom is -0.492 e. The number of hydrogen-bond acceptors (Lipinski definition) is 3. The van der Waals surface area contributed by atoms with Crippen LogP contribution in [0, 0.1) is 11.8 Å². The van der Waals surface area contributed by atoms with E-state index in [0.717, 1.165) is 0 Å². The maximum Gasteiger partial charge on any atom is 0.247 e. The zero-order valence-electron chi connectivity index (χ0n) is 14.3. The lowest BCUT2D eigenvalue weighted by Gasteiger charge is -2.21. The molecular formula is C17H25ClN2O3. The Morgan fingerprint density at radius 1 is 1.22 bits per heavy atom. The molecule has 2 amide bonds. The summed E-state index contributed by atoms with van der Waals surface area (Å²) in [7, 11) is 0. The molecule has 1 rings (SSSR count). The summed E-state index contributed by atoms with van der Waals surface area (Å²) in [4.78, 5) is 23.5.